The predicted octanol–water partition coefficient (Wildman–Crippen LogP) is 3.06. The maximum absolute atomic E-state index is 11.7. The Kier molecular flexibility index (Phi) is 6.17. The molecule has 1 heterocycles. The van der Waals surface area contributed by atoms with Crippen LogP contribution in [0, 0.1) is 0 Å². The van der Waals surface area contributed by atoms with E-state index in [4.69, 9.17) is 16.3 Å². The number of nitrogens with one attached hydrogen (secondary N) is 1. The van der Waals surface area contributed by atoms with Crippen molar-refractivity contribution in [1.29, 1.82) is 0 Å². The van der Waals surface area contributed by atoms with Crippen LogP contribution >= 0.6 is 11.6 Å². The Morgan fingerprint density at radius 1 is 1.48 bits per heavy atom. The van der Waals surface area contributed by atoms with Gasteiger partial charge >= 0.3 is 0 Å². The summed E-state index contributed by atoms with van der Waals surface area (Å²) in [6.45, 7) is 2.82. The molecule has 0 amide bonds. The van der Waals surface area contributed by atoms with Gasteiger partial charge in [0, 0.05) is 7.05 Å². The van der Waals surface area contributed by atoms with E-state index in [0.717, 1.165) is 28.8 Å². The lowest BCUT2D eigenvalue weighted by molar-refractivity contribution is 0.309. The highest BCUT2D eigenvalue weighted by Crippen LogP contribution is 2.15. The Morgan fingerprint density at radius 3 is 3.09 bits per heavy atom. The van der Waals surface area contributed by atoms with Crippen molar-refractivity contribution >= 4 is 23.5 Å². The van der Waals surface area contributed by atoms with Crippen LogP contribution in [0.15, 0.2) is 40.4 Å². The Hall–Kier alpha value is -2.34. The van der Waals surface area contributed by atoms with Crippen LogP contribution in [0.4, 0.5) is 5.69 Å². The molecule has 0 aliphatic carbocycles. The number of hydrazone groups is 1. The zero-order valence-corrected chi connectivity index (χ0v) is 13.9. The Labute approximate surface area is 139 Å². The van der Waals surface area contributed by atoms with Gasteiger partial charge < -0.3 is 4.74 Å². The third-order valence-corrected chi connectivity index (χ3v) is 3.47. The molecule has 0 bridgehead atoms. The first-order chi connectivity index (χ1) is 11.1. The maximum atomic E-state index is 11.7. The third kappa shape index (κ3) is 4.82. The molecule has 1 aromatic carbocycles. The lowest BCUT2D eigenvalue weighted by Gasteiger charge is -2.06. The number of aromatic nitrogens is 2. The fourth-order valence-corrected chi connectivity index (χ4v) is 2.00. The van der Waals surface area contributed by atoms with E-state index < -0.39 is 0 Å². The predicted molar refractivity (Wildman–Crippen MR) is 92.5 cm³/mol. The van der Waals surface area contributed by atoms with Gasteiger partial charge in [-0.2, -0.15) is 10.2 Å². The monoisotopic (exact) mass is 334 g/mol. The van der Waals surface area contributed by atoms with E-state index in [9.17, 15) is 4.79 Å². The first-order valence-corrected chi connectivity index (χ1v) is 7.73. The first-order valence-electron chi connectivity index (χ1n) is 7.35. The number of aryl methyl sites for hydroxylation is 1. The summed E-state index contributed by atoms with van der Waals surface area (Å²) in [5.74, 6) is 0.802. The Morgan fingerprint density at radius 2 is 2.30 bits per heavy atom. The third-order valence-electron chi connectivity index (χ3n) is 3.10. The molecule has 0 saturated carbocycles. The number of benzene rings is 1. The van der Waals surface area contributed by atoms with Gasteiger partial charge in [0.15, 0.2) is 0 Å². The van der Waals surface area contributed by atoms with Gasteiger partial charge in [0.05, 0.1) is 19.0 Å². The van der Waals surface area contributed by atoms with Crippen LogP contribution in [0.25, 0.3) is 0 Å². The normalized spacial score (nSPS) is 10.9. The van der Waals surface area contributed by atoms with E-state index in [-0.39, 0.29) is 10.6 Å². The lowest BCUT2D eigenvalue weighted by Crippen LogP contribution is -2.20. The molecule has 6 nitrogen and oxygen atoms in total. The average molecular weight is 335 g/mol. The van der Waals surface area contributed by atoms with Crippen molar-refractivity contribution in [2.24, 2.45) is 12.1 Å². The summed E-state index contributed by atoms with van der Waals surface area (Å²) < 4.78 is 6.80. The summed E-state index contributed by atoms with van der Waals surface area (Å²) in [6, 6.07) is 7.60. The highest BCUT2D eigenvalue weighted by molar-refractivity contribution is 6.32. The zero-order valence-electron chi connectivity index (χ0n) is 13.1. The van der Waals surface area contributed by atoms with E-state index in [2.05, 4.69) is 22.5 Å². The van der Waals surface area contributed by atoms with Crippen LogP contribution in [-0.2, 0) is 7.05 Å². The van der Waals surface area contributed by atoms with E-state index >= 15 is 0 Å². The lowest BCUT2D eigenvalue weighted by atomic mass is 10.2. The topological polar surface area (TPSA) is 68.5 Å². The number of hydrogen-bond donors (Lipinski definition) is 1. The number of rotatable bonds is 7. The minimum Gasteiger partial charge on any atom is -0.494 e. The molecular formula is C16H19ClN4O2. The molecule has 0 atom stereocenters. The largest absolute Gasteiger partial charge is 0.494 e. The molecule has 0 saturated heterocycles. The average Bonchev–Trinajstić information content (AvgIpc) is 2.56. The number of hydrogen-bond acceptors (Lipinski definition) is 5. The molecule has 2 rings (SSSR count). The van der Waals surface area contributed by atoms with Crippen LogP contribution < -0.4 is 15.7 Å². The molecule has 0 unspecified atom stereocenters. The molecule has 122 valence electrons. The summed E-state index contributed by atoms with van der Waals surface area (Å²) >= 11 is 5.95. The first kappa shape index (κ1) is 17.0. The SMILES string of the molecule is CCCCOc1cccc(/C=N\Nc2cnn(C)c(=O)c2Cl)c1. The second-order valence-electron chi connectivity index (χ2n) is 4.95. The minimum absolute atomic E-state index is 0.0521. The van der Waals surface area contributed by atoms with Crippen molar-refractivity contribution in [2.75, 3.05) is 12.0 Å². The molecule has 0 aliphatic rings. The Balaban J connectivity index is 2.02. The zero-order chi connectivity index (χ0) is 16.7. The molecule has 1 N–H and O–H groups in total. The van der Waals surface area contributed by atoms with Crippen LogP contribution in [0.5, 0.6) is 5.75 Å². The number of anilines is 1. The molecule has 0 spiro atoms. The van der Waals surface area contributed by atoms with Crippen LogP contribution in [0.2, 0.25) is 5.02 Å². The smallest absolute Gasteiger partial charge is 0.287 e. The fraction of sp³-hybridized carbons (Fsp3) is 0.312. The molecule has 23 heavy (non-hydrogen) atoms. The van der Waals surface area contributed by atoms with Gasteiger partial charge in [0.2, 0.25) is 0 Å². The van der Waals surface area contributed by atoms with Gasteiger partial charge in [-0.15, -0.1) is 0 Å². The second-order valence-corrected chi connectivity index (χ2v) is 5.32. The number of nitrogens with zero attached hydrogens (tertiary/aromatic N) is 3. The molecule has 7 heteroatoms. The van der Waals surface area contributed by atoms with Gasteiger partial charge in [-0.25, -0.2) is 4.68 Å². The second kappa shape index (κ2) is 8.33. The van der Waals surface area contributed by atoms with Gasteiger partial charge in [-0.3, -0.25) is 10.2 Å². The van der Waals surface area contributed by atoms with Gasteiger partial charge in [-0.05, 0) is 24.1 Å². The van der Waals surface area contributed by atoms with Crippen molar-refractivity contribution in [3.8, 4) is 5.75 Å². The quantitative estimate of drug-likeness (QED) is 0.480. The highest BCUT2D eigenvalue weighted by Gasteiger charge is 2.05. The standard InChI is InChI=1S/C16H19ClN4O2/c1-3-4-8-23-13-7-5-6-12(9-13)10-18-20-14-11-19-21(2)16(22)15(14)17/h5-7,9-11,20H,3-4,8H2,1-2H3/b18-10-. The van der Waals surface area contributed by atoms with Crippen LogP contribution in [-0.4, -0.2) is 22.6 Å². The van der Waals surface area contributed by atoms with Crippen LogP contribution in [0.3, 0.4) is 0 Å². The van der Waals surface area contributed by atoms with Crippen molar-refractivity contribution in [3.05, 3.63) is 51.4 Å². The van der Waals surface area contributed by atoms with E-state index in [1.54, 1.807) is 6.21 Å². The molecule has 1 aromatic heterocycles. The molecular weight excluding hydrogens is 316 g/mol. The summed E-state index contributed by atoms with van der Waals surface area (Å²) in [6.07, 6.45) is 5.19. The van der Waals surface area contributed by atoms with E-state index in [1.165, 1.54) is 13.2 Å². The highest BCUT2D eigenvalue weighted by atomic mass is 35.5. The van der Waals surface area contributed by atoms with E-state index in [1.807, 2.05) is 24.3 Å². The van der Waals surface area contributed by atoms with Crippen molar-refractivity contribution in [3.63, 3.8) is 0 Å². The summed E-state index contributed by atoms with van der Waals surface area (Å²) in [5.41, 5.74) is 3.58. The molecule has 0 aliphatic heterocycles. The van der Waals surface area contributed by atoms with Crippen molar-refractivity contribution in [2.45, 2.75) is 19.8 Å². The minimum atomic E-state index is -0.377. The van der Waals surface area contributed by atoms with Gasteiger partial charge in [0.25, 0.3) is 5.56 Å². The maximum Gasteiger partial charge on any atom is 0.287 e. The summed E-state index contributed by atoms with van der Waals surface area (Å²) in [5, 5.41) is 8.01. The molecule has 0 radical (unpaired) electrons. The van der Waals surface area contributed by atoms with Crippen molar-refractivity contribution in [1.82, 2.24) is 9.78 Å². The van der Waals surface area contributed by atoms with Crippen LogP contribution in [0.1, 0.15) is 25.3 Å². The van der Waals surface area contributed by atoms with Crippen molar-refractivity contribution < 1.29 is 4.74 Å². The number of halogens is 1. The number of unbranched alkanes of at least 4 members (excludes halogenated alkanes) is 1. The van der Waals surface area contributed by atoms with Gasteiger partial charge in [0.1, 0.15) is 16.5 Å². The summed E-state index contributed by atoms with van der Waals surface area (Å²) in [7, 11) is 1.53. The fourth-order valence-electron chi connectivity index (χ4n) is 1.78. The van der Waals surface area contributed by atoms with Gasteiger partial charge in [-0.1, -0.05) is 37.1 Å². The Bertz CT molecular complexity index is 743. The molecule has 2 aromatic rings. The number of ether oxygens (including phenoxy) is 1. The molecule has 0 fully saturated rings. The van der Waals surface area contributed by atoms with E-state index in [0.29, 0.717) is 12.3 Å². The summed E-state index contributed by atoms with van der Waals surface area (Å²) in [4.78, 5) is 11.7.